The second-order valence-corrected chi connectivity index (χ2v) is 4.13. The molecule has 1 unspecified atom stereocenters. The van der Waals surface area contributed by atoms with Crippen molar-refractivity contribution in [3.8, 4) is 0 Å². The molecule has 0 bridgehead atoms. The summed E-state index contributed by atoms with van der Waals surface area (Å²) in [7, 11) is 0. The number of aromatic amines is 1. The minimum absolute atomic E-state index is 0. The first-order valence-corrected chi connectivity index (χ1v) is 5.72. The Morgan fingerprint density at radius 2 is 2.18 bits per heavy atom. The quantitative estimate of drug-likeness (QED) is 0.805. The van der Waals surface area contributed by atoms with E-state index in [1.807, 2.05) is 6.92 Å². The molecule has 1 aliphatic rings. The van der Waals surface area contributed by atoms with Crippen LogP contribution in [0.2, 0.25) is 0 Å². The molecule has 0 spiro atoms. The minimum atomic E-state index is -0.103. The van der Waals surface area contributed by atoms with Gasteiger partial charge in [-0.05, 0) is 6.92 Å². The van der Waals surface area contributed by atoms with Gasteiger partial charge in [0.2, 0.25) is 0 Å². The third-order valence-electron chi connectivity index (χ3n) is 2.72. The van der Waals surface area contributed by atoms with Crippen LogP contribution in [0.25, 0.3) is 0 Å². The molecule has 7 heteroatoms. The monoisotopic (exact) mass is 261 g/mol. The molecule has 1 aliphatic heterocycles. The van der Waals surface area contributed by atoms with Gasteiger partial charge in [-0.1, -0.05) is 0 Å². The number of aromatic nitrogens is 3. The van der Waals surface area contributed by atoms with Gasteiger partial charge in [0.1, 0.15) is 5.82 Å². The number of hydrogen-bond donors (Lipinski definition) is 2. The van der Waals surface area contributed by atoms with Crippen LogP contribution >= 0.6 is 12.4 Å². The second kappa shape index (κ2) is 6.90. The summed E-state index contributed by atoms with van der Waals surface area (Å²) in [4.78, 5) is 6.72. The summed E-state index contributed by atoms with van der Waals surface area (Å²) in [5, 5.41) is 7.00. The molecule has 0 radical (unpaired) electrons. The van der Waals surface area contributed by atoms with Crippen LogP contribution in [-0.4, -0.2) is 52.9 Å². The highest BCUT2D eigenvalue weighted by Gasteiger charge is 2.12. The lowest BCUT2D eigenvalue weighted by atomic mass is 10.3. The van der Waals surface area contributed by atoms with E-state index in [0.29, 0.717) is 5.82 Å². The molecule has 2 rings (SSSR count). The molecule has 0 amide bonds. The van der Waals surface area contributed by atoms with E-state index >= 15 is 0 Å². The van der Waals surface area contributed by atoms with Crippen molar-refractivity contribution in [3.63, 3.8) is 0 Å². The lowest BCUT2D eigenvalue weighted by Crippen LogP contribution is -2.37. The Hall–Kier alpha value is -0.690. The molecule has 1 aromatic rings. The fraction of sp³-hybridized carbons (Fsp3) is 0.800. The van der Waals surface area contributed by atoms with Gasteiger partial charge in [0, 0.05) is 26.1 Å². The summed E-state index contributed by atoms with van der Waals surface area (Å²) in [5.41, 5.74) is 5.69. The van der Waals surface area contributed by atoms with Gasteiger partial charge >= 0.3 is 0 Å². The van der Waals surface area contributed by atoms with Gasteiger partial charge in [-0.25, -0.2) is 4.98 Å². The number of nitrogens with zero attached hydrogens (tertiary/aromatic N) is 3. The van der Waals surface area contributed by atoms with Crippen LogP contribution < -0.4 is 5.73 Å². The van der Waals surface area contributed by atoms with Crippen LogP contribution in [0.3, 0.4) is 0 Å². The maximum absolute atomic E-state index is 5.69. The van der Waals surface area contributed by atoms with Crippen LogP contribution in [-0.2, 0) is 11.2 Å². The average molecular weight is 262 g/mol. The highest BCUT2D eigenvalue weighted by atomic mass is 35.5. The highest BCUT2D eigenvalue weighted by Crippen LogP contribution is 2.04. The van der Waals surface area contributed by atoms with Crippen molar-refractivity contribution in [3.05, 3.63) is 11.6 Å². The van der Waals surface area contributed by atoms with Crippen molar-refractivity contribution < 1.29 is 4.74 Å². The van der Waals surface area contributed by atoms with Gasteiger partial charge in [-0.15, -0.1) is 12.4 Å². The molecule has 1 atom stereocenters. The lowest BCUT2D eigenvalue weighted by Gasteiger charge is -2.25. The molecule has 0 saturated carbocycles. The molecule has 6 nitrogen and oxygen atoms in total. The zero-order valence-corrected chi connectivity index (χ0v) is 10.9. The van der Waals surface area contributed by atoms with E-state index in [0.717, 1.165) is 45.1 Å². The minimum Gasteiger partial charge on any atom is -0.379 e. The molecule has 2 heterocycles. The van der Waals surface area contributed by atoms with Crippen molar-refractivity contribution in [1.82, 2.24) is 20.1 Å². The van der Waals surface area contributed by atoms with Crippen molar-refractivity contribution in [2.75, 3.05) is 32.8 Å². The Balaban J connectivity index is 0.00000144. The van der Waals surface area contributed by atoms with E-state index in [4.69, 9.17) is 10.5 Å². The molecule has 98 valence electrons. The zero-order valence-electron chi connectivity index (χ0n) is 10.1. The third-order valence-corrected chi connectivity index (χ3v) is 2.72. The second-order valence-electron chi connectivity index (χ2n) is 4.13. The Kier molecular flexibility index (Phi) is 5.84. The van der Waals surface area contributed by atoms with Crippen LogP contribution in [0, 0.1) is 0 Å². The van der Waals surface area contributed by atoms with Crippen molar-refractivity contribution in [2.45, 2.75) is 19.4 Å². The number of H-pyrrole nitrogens is 1. The summed E-state index contributed by atoms with van der Waals surface area (Å²) in [6, 6.07) is -0.103. The smallest absolute Gasteiger partial charge is 0.167 e. The molecular formula is C10H20ClN5O. The molecule has 1 fully saturated rings. The Labute approximate surface area is 107 Å². The Morgan fingerprint density at radius 3 is 2.76 bits per heavy atom. The Morgan fingerprint density at radius 1 is 1.47 bits per heavy atom. The lowest BCUT2D eigenvalue weighted by molar-refractivity contribution is 0.0382. The SMILES string of the molecule is CC(N)c1n[nH]c(CCN2CCOCC2)n1.Cl. The first kappa shape index (κ1) is 14.4. The first-order chi connectivity index (χ1) is 7.75. The van der Waals surface area contributed by atoms with Gasteiger partial charge in [0.25, 0.3) is 0 Å². The molecule has 17 heavy (non-hydrogen) atoms. The fourth-order valence-electron chi connectivity index (χ4n) is 1.71. The topological polar surface area (TPSA) is 80.1 Å². The third kappa shape index (κ3) is 4.23. The Bertz CT molecular complexity index is 324. The van der Waals surface area contributed by atoms with Crippen molar-refractivity contribution >= 4 is 12.4 Å². The zero-order chi connectivity index (χ0) is 11.4. The van der Waals surface area contributed by atoms with Gasteiger partial charge in [-0.2, -0.15) is 5.10 Å². The fourth-order valence-corrected chi connectivity index (χ4v) is 1.71. The van der Waals surface area contributed by atoms with Crippen LogP contribution in [0.5, 0.6) is 0 Å². The number of rotatable bonds is 4. The van der Waals surface area contributed by atoms with E-state index in [1.54, 1.807) is 0 Å². The average Bonchev–Trinajstić information content (AvgIpc) is 2.76. The number of ether oxygens (including phenoxy) is 1. The van der Waals surface area contributed by atoms with E-state index in [1.165, 1.54) is 0 Å². The van der Waals surface area contributed by atoms with E-state index in [2.05, 4.69) is 20.1 Å². The van der Waals surface area contributed by atoms with E-state index in [9.17, 15) is 0 Å². The summed E-state index contributed by atoms with van der Waals surface area (Å²) in [6.07, 6.45) is 0.889. The largest absolute Gasteiger partial charge is 0.379 e. The highest BCUT2D eigenvalue weighted by molar-refractivity contribution is 5.85. The number of nitrogens with one attached hydrogen (secondary N) is 1. The maximum Gasteiger partial charge on any atom is 0.167 e. The predicted molar refractivity (Wildman–Crippen MR) is 67.2 cm³/mol. The predicted octanol–water partition coefficient (Wildman–Crippen LogP) is 0.121. The molecule has 1 aromatic heterocycles. The molecular weight excluding hydrogens is 242 g/mol. The van der Waals surface area contributed by atoms with Crippen LogP contribution in [0.1, 0.15) is 24.6 Å². The van der Waals surface area contributed by atoms with E-state index < -0.39 is 0 Å². The number of hydrogen-bond acceptors (Lipinski definition) is 5. The summed E-state index contributed by atoms with van der Waals surface area (Å²) in [5.74, 6) is 1.61. The maximum atomic E-state index is 5.69. The molecule has 3 N–H and O–H groups in total. The number of halogens is 1. The first-order valence-electron chi connectivity index (χ1n) is 5.72. The molecule has 0 aromatic carbocycles. The van der Waals surface area contributed by atoms with E-state index in [-0.39, 0.29) is 18.4 Å². The summed E-state index contributed by atoms with van der Waals surface area (Å²) >= 11 is 0. The number of nitrogens with two attached hydrogens (primary N) is 1. The molecule has 1 saturated heterocycles. The summed E-state index contributed by atoms with van der Waals surface area (Å²) < 4.78 is 5.29. The summed E-state index contributed by atoms with van der Waals surface area (Å²) in [6.45, 7) is 6.57. The van der Waals surface area contributed by atoms with Gasteiger partial charge in [-0.3, -0.25) is 10.00 Å². The van der Waals surface area contributed by atoms with Crippen LogP contribution in [0.4, 0.5) is 0 Å². The van der Waals surface area contributed by atoms with Gasteiger partial charge in [0.05, 0.1) is 19.3 Å². The van der Waals surface area contributed by atoms with Crippen LogP contribution in [0.15, 0.2) is 0 Å². The van der Waals surface area contributed by atoms with Crippen molar-refractivity contribution in [2.24, 2.45) is 5.73 Å². The van der Waals surface area contributed by atoms with Gasteiger partial charge in [0.15, 0.2) is 5.82 Å². The number of morpholine rings is 1. The van der Waals surface area contributed by atoms with Gasteiger partial charge < -0.3 is 10.5 Å². The molecule has 0 aliphatic carbocycles. The standard InChI is InChI=1S/C10H19N5O.ClH/c1-8(11)10-12-9(13-14-10)2-3-15-4-6-16-7-5-15;/h8H,2-7,11H2,1H3,(H,12,13,14);1H. The van der Waals surface area contributed by atoms with Crippen molar-refractivity contribution in [1.29, 1.82) is 0 Å². The normalized spacial score (nSPS) is 18.7.